The Morgan fingerprint density at radius 1 is 0.595 bits per heavy atom. The van der Waals surface area contributed by atoms with Gasteiger partial charge in [-0.25, -0.2) is 29.9 Å². The molecule has 2 atom stereocenters. The van der Waals surface area contributed by atoms with Gasteiger partial charge in [0.05, 0.1) is 24.7 Å². The Labute approximate surface area is 244 Å². The first-order valence-corrected chi connectivity index (χ1v) is 14.7. The highest BCUT2D eigenvalue weighted by Crippen LogP contribution is 2.17. The number of nitrogens with zero attached hydrogens (tertiary/aromatic N) is 8. The highest BCUT2D eigenvalue weighted by molar-refractivity contribution is 5.85. The van der Waals surface area contributed by atoms with Crippen molar-refractivity contribution in [2.75, 3.05) is 11.5 Å². The Morgan fingerprint density at radius 3 is 1.38 bits per heavy atom. The van der Waals surface area contributed by atoms with Gasteiger partial charge in [-0.15, -0.1) is 0 Å². The van der Waals surface area contributed by atoms with Crippen molar-refractivity contribution in [3.8, 4) is 0 Å². The SMILES string of the molecule is Nc1ncnc2c1ncn2CCC(=O)C(N)CCCCCCCCCCC(N)C(=O)CCn1cnc2c(N)ncnc21. The number of carbonyl (C=O) groups is 2. The molecule has 4 heterocycles. The Morgan fingerprint density at radius 2 is 0.976 bits per heavy atom. The number of carbonyl (C=O) groups excluding carboxylic acids is 2. The van der Waals surface area contributed by atoms with Gasteiger partial charge < -0.3 is 32.1 Å². The quantitative estimate of drug-likeness (QED) is 0.118. The van der Waals surface area contributed by atoms with E-state index >= 15 is 0 Å². The molecule has 0 radical (unpaired) electrons. The van der Waals surface area contributed by atoms with Gasteiger partial charge in [-0.3, -0.25) is 9.59 Å². The van der Waals surface area contributed by atoms with Gasteiger partial charge in [0.1, 0.15) is 23.7 Å². The number of aromatic nitrogens is 8. The fourth-order valence-corrected chi connectivity index (χ4v) is 5.07. The van der Waals surface area contributed by atoms with Crippen LogP contribution < -0.4 is 22.9 Å². The van der Waals surface area contributed by atoms with Crippen LogP contribution in [0.25, 0.3) is 22.3 Å². The van der Waals surface area contributed by atoms with E-state index in [1.165, 1.54) is 12.7 Å². The van der Waals surface area contributed by atoms with Gasteiger partial charge in [-0.1, -0.05) is 51.4 Å². The van der Waals surface area contributed by atoms with E-state index in [2.05, 4.69) is 29.9 Å². The summed E-state index contributed by atoms with van der Waals surface area (Å²) in [6, 6.07) is -0.892. The molecule has 0 aromatic carbocycles. The van der Waals surface area contributed by atoms with E-state index in [4.69, 9.17) is 22.9 Å². The molecule has 0 aliphatic carbocycles. The molecular formula is C28H42N12O2. The maximum atomic E-state index is 12.5. The summed E-state index contributed by atoms with van der Waals surface area (Å²) in [4.78, 5) is 49.7. The van der Waals surface area contributed by atoms with Crippen LogP contribution in [0.2, 0.25) is 0 Å². The number of hydrogen-bond acceptors (Lipinski definition) is 12. The number of imidazole rings is 2. The summed E-state index contributed by atoms with van der Waals surface area (Å²) in [5.41, 5.74) is 26.2. The van der Waals surface area contributed by atoms with E-state index in [9.17, 15) is 9.59 Å². The second-order valence-electron chi connectivity index (χ2n) is 10.8. The number of hydrogen-bond donors (Lipinski definition) is 4. The summed E-state index contributed by atoms with van der Waals surface area (Å²) in [6.45, 7) is 0.931. The van der Waals surface area contributed by atoms with Crippen molar-refractivity contribution in [1.82, 2.24) is 39.0 Å². The van der Waals surface area contributed by atoms with Crippen LogP contribution in [0.15, 0.2) is 25.3 Å². The average Bonchev–Trinajstić information content (AvgIpc) is 3.61. The molecule has 4 aromatic rings. The monoisotopic (exact) mass is 578 g/mol. The van der Waals surface area contributed by atoms with Gasteiger partial charge in [0.2, 0.25) is 0 Å². The molecule has 0 bridgehead atoms. The summed E-state index contributed by atoms with van der Waals surface area (Å²) >= 11 is 0. The molecule has 0 fully saturated rings. The summed E-state index contributed by atoms with van der Waals surface area (Å²) in [7, 11) is 0. The lowest BCUT2D eigenvalue weighted by molar-refractivity contribution is -0.121. The van der Waals surface area contributed by atoms with Crippen LogP contribution in [0.1, 0.15) is 77.0 Å². The largest absolute Gasteiger partial charge is 0.382 e. The lowest BCUT2D eigenvalue weighted by Gasteiger charge is -2.11. The summed E-state index contributed by atoms with van der Waals surface area (Å²) in [5, 5.41) is 0. The van der Waals surface area contributed by atoms with E-state index in [-0.39, 0.29) is 11.6 Å². The molecule has 226 valence electrons. The summed E-state index contributed by atoms with van der Waals surface area (Å²) < 4.78 is 3.61. The first kappa shape index (κ1) is 30.9. The number of Topliss-reactive ketones (excluding diaryl/α,β-unsaturated/α-hetero) is 2. The minimum Gasteiger partial charge on any atom is -0.382 e. The fraction of sp³-hybridized carbons (Fsp3) is 0.571. The maximum absolute atomic E-state index is 12.5. The molecule has 0 aliphatic heterocycles. The van der Waals surface area contributed by atoms with Crippen molar-refractivity contribution in [2.45, 2.75) is 102 Å². The lowest BCUT2D eigenvalue weighted by Crippen LogP contribution is -2.31. The van der Waals surface area contributed by atoms with E-state index in [0.717, 1.165) is 51.4 Å². The average molecular weight is 579 g/mol. The number of rotatable bonds is 19. The molecule has 2 unspecified atom stereocenters. The minimum atomic E-state index is -0.446. The van der Waals surface area contributed by atoms with Crippen molar-refractivity contribution < 1.29 is 9.59 Å². The zero-order valence-electron chi connectivity index (χ0n) is 24.1. The fourth-order valence-electron chi connectivity index (χ4n) is 5.07. The second-order valence-corrected chi connectivity index (χ2v) is 10.8. The summed E-state index contributed by atoms with van der Waals surface area (Å²) in [5.74, 6) is 0.749. The molecule has 0 saturated carbocycles. The van der Waals surface area contributed by atoms with Crippen LogP contribution in [-0.4, -0.2) is 62.7 Å². The number of nitrogens with two attached hydrogens (primary N) is 4. The van der Waals surface area contributed by atoms with Crippen LogP contribution in [0.4, 0.5) is 11.6 Å². The van der Waals surface area contributed by atoms with Crippen LogP contribution >= 0.6 is 0 Å². The highest BCUT2D eigenvalue weighted by Gasteiger charge is 2.16. The Balaban J connectivity index is 0.989. The second kappa shape index (κ2) is 15.3. The van der Waals surface area contributed by atoms with Crippen LogP contribution in [0.3, 0.4) is 0 Å². The van der Waals surface area contributed by atoms with Crippen molar-refractivity contribution >= 4 is 45.5 Å². The zero-order valence-corrected chi connectivity index (χ0v) is 24.1. The zero-order chi connectivity index (χ0) is 29.9. The number of ketones is 2. The van der Waals surface area contributed by atoms with Gasteiger partial charge in [-0.05, 0) is 12.8 Å². The number of nitrogen functional groups attached to an aromatic ring is 2. The van der Waals surface area contributed by atoms with E-state index < -0.39 is 12.1 Å². The molecule has 42 heavy (non-hydrogen) atoms. The Kier molecular flexibility index (Phi) is 11.2. The predicted octanol–water partition coefficient (Wildman–Crippen LogP) is 2.30. The number of fused-ring (bicyclic) bond motifs is 2. The van der Waals surface area contributed by atoms with Crippen LogP contribution in [0, 0.1) is 0 Å². The maximum Gasteiger partial charge on any atom is 0.165 e. The smallest absolute Gasteiger partial charge is 0.165 e. The molecular weight excluding hydrogens is 536 g/mol. The third-order valence-corrected chi connectivity index (χ3v) is 7.66. The van der Waals surface area contributed by atoms with Gasteiger partial charge in [0.15, 0.2) is 34.5 Å². The van der Waals surface area contributed by atoms with Gasteiger partial charge in [0.25, 0.3) is 0 Å². The van der Waals surface area contributed by atoms with Crippen LogP contribution in [-0.2, 0) is 22.7 Å². The molecule has 0 saturated heterocycles. The van der Waals surface area contributed by atoms with E-state index in [1.54, 1.807) is 21.8 Å². The van der Waals surface area contributed by atoms with Gasteiger partial charge >= 0.3 is 0 Å². The van der Waals surface area contributed by atoms with Crippen molar-refractivity contribution in [3.05, 3.63) is 25.3 Å². The van der Waals surface area contributed by atoms with Crippen molar-refractivity contribution in [1.29, 1.82) is 0 Å². The van der Waals surface area contributed by atoms with Gasteiger partial charge in [0, 0.05) is 25.9 Å². The normalized spacial score (nSPS) is 13.1. The first-order valence-electron chi connectivity index (χ1n) is 14.7. The highest BCUT2D eigenvalue weighted by atomic mass is 16.1. The Bertz CT molecular complexity index is 1360. The summed E-state index contributed by atoms with van der Waals surface area (Å²) in [6.07, 6.45) is 16.7. The van der Waals surface area contributed by atoms with Crippen molar-refractivity contribution in [3.63, 3.8) is 0 Å². The third kappa shape index (κ3) is 8.26. The first-order chi connectivity index (χ1) is 20.3. The number of aryl methyl sites for hydroxylation is 2. The Hall–Kier alpha value is -4.04. The van der Waals surface area contributed by atoms with E-state index in [0.29, 0.717) is 72.7 Å². The van der Waals surface area contributed by atoms with Gasteiger partial charge in [-0.2, -0.15) is 0 Å². The molecule has 14 nitrogen and oxygen atoms in total. The molecule has 4 rings (SSSR count). The molecule has 0 amide bonds. The number of unbranched alkanes of at least 4 members (excludes halogenated alkanes) is 7. The van der Waals surface area contributed by atoms with Crippen LogP contribution in [0.5, 0.6) is 0 Å². The molecule has 8 N–H and O–H groups in total. The molecule has 0 aliphatic rings. The topological polar surface area (TPSA) is 225 Å². The molecule has 4 aromatic heterocycles. The molecule has 0 spiro atoms. The van der Waals surface area contributed by atoms with E-state index in [1.807, 2.05) is 0 Å². The third-order valence-electron chi connectivity index (χ3n) is 7.66. The van der Waals surface area contributed by atoms with Crippen molar-refractivity contribution in [2.24, 2.45) is 11.5 Å². The minimum absolute atomic E-state index is 0.0468. The molecule has 14 heteroatoms. The number of anilines is 2. The predicted molar refractivity (Wildman–Crippen MR) is 161 cm³/mol. The lowest BCUT2D eigenvalue weighted by atomic mass is 10.0. The standard InChI is InChI=1S/C28H42N12O2/c29-19(21(41)11-13-39-17-37-23-25(31)33-15-35-27(23)39)9-7-5-3-1-2-4-6-8-10-20(30)22(42)12-14-40-18-38-24-26(32)34-16-36-28(24)40/h15-20H,1-14,29-30H2,(H2,31,33,35)(H2,32,34,36).